The monoisotopic (exact) mass is 220 g/mol. The summed E-state index contributed by atoms with van der Waals surface area (Å²) in [6, 6.07) is 3.87. The zero-order valence-electron chi connectivity index (χ0n) is 5.94. The molecule has 0 saturated heterocycles. The van der Waals surface area contributed by atoms with Crippen LogP contribution in [0.2, 0.25) is 0 Å². The van der Waals surface area contributed by atoms with Crippen molar-refractivity contribution in [1.29, 1.82) is 0 Å². The van der Waals surface area contributed by atoms with Crippen LogP contribution in [0.25, 0.3) is 0 Å². The largest absolute Gasteiger partial charge is 0.204 e. The Bertz CT molecular complexity index is 258. The molecule has 0 aliphatic carbocycles. The summed E-state index contributed by atoms with van der Waals surface area (Å²) in [6.45, 7) is 1.85. The molecule has 0 bridgehead atoms. The minimum absolute atomic E-state index is 0.0533. The highest BCUT2D eigenvalue weighted by Gasteiger charge is 2.05. The molecule has 1 aromatic rings. The maximum Gasteiger partial charge on any atom is 0.159 e. The number of hydrogen-bond donors (Lipinski definition) is 0. The Kier molecular flexibility index (Phi) is 2.60. The van der Waals surface area contributed by atoms with Crippen molar-refractivity contribution in [3.63, 3.8) is 0 Å². The van der Waals surface area contributed by atoms with Crippen LogP contribution in [0.1, 0.15) is 17.3 Å². The van der Waals surface area contributed by atoms with Gasteiger partial charge >= 0.3 is 0 Å². The minimum Gasteiger partial charge on any atom is -0.204 e. The highest BCUT2D eigenvalue weighted by atomic mass is 79.9. The summed E-state index contributed by atoms with van der Waals surface area (Å²) in [4.78, 5) is 0.0533. The van der Waals surface area contributed by atoms with Crippen LogP contribution in [0.15, 0.2) is 18.2 Å². The third-order valence-electron chi connectivity index (χ3n) is 1.40. The van der Waals surface area contributed by atoms with Crippen LogP contribution in [0.3, 0.4) is 0 Å². The first-order chi connectivity index (χ1) is 5.11. The molecule has 0 heterocycles. The first-order valence-corrected chi connectivity index (χ1v) is 4.12. The van der Waals surface area contributed by atoms with Gasteiger partial charge in [0.25, 0.3) is 0 Å². The molecule has 0 aliphatic heterocycles. The molecule has 0 aliphatic rings. The fourth-order valence-electron chi connectivity index (χ4n) is 0.760. The quantitative estimate of drug-likeness (QED) is 0.637. The SMILES string of the molecule is CC(Br)c1ccc(F)c(F)c1. The summed E-state index contributed by atoms with van der Waals surface area (Å²) in [5, 5.41) is 0. The van der Waals surface area contributed by atoms with Crippen molar-refractivity contribution in [3.05, 3.63) is 35.4 Å². The number of halogens is 3. The molecule has 0 aromatic heterocycles. The van der Waals surface area contributed by atoms with Crippen molar-refractivity contribution in [2.45, 2.75) is 11.8 Å². The summed E-state index contributed by atoms with van der Waals surface area (Å²) < 4.78 is 24.9. The molecule has 0 saturated carbocycles. The molecule has 0 radical (unpaired) electrons. The van der Waals surface area contributed by atoms with E-state index in [4.69, 9.17) is 0 Å². The molecule has 0 nitrogen and oxygen atoms in total. The molecule has 11 heavy (non-hydrogen) atoms. The second-order valence-electron chi connectivity index (χ2n) is 2.29. The maximum absolute atomic E-state index is 12.5. The topological polar surface area (TPSA) is 0 Å². The normalized spacial score (nSPS) is 13.1. The Hall–Kier alpha value is -0.440. The number of alkyl halides is 1. The smallest absolute Gasteiger partial charge is 0.159 e. The number of rotatable bonds is 1. The van der Waals surface area contributed by atoms with Crippen LogP contribution in [0, 0.1) is 11.6 Å². The molecule has 1 atom stereocenters. The van der Waals surface area contributed by atoms with Gasteiger partial charge in [-0.05, 0) is 24.6 Å². The average Bonchev–Trinajstić information content (AvgIpc) is 1.94. The summed E-state index contributed by atoms with van der Waals surface area (Å²) in [5.41, 5.74) is 0.740. The molecule has 0 N–H and O–H groups in total. The molecule has 1 unspecified atom stereocenters. The Labute approximate surface area is 72.4 Å². The van der Waals surface area contributed by atoms with Gasteiger partial charge in [0.1, 0.15) is 0 Å². The highest BCUT2D eigenvalue weighted by Crippen LogP contribution is 2.22. The van der Waals surface area contributed by atoms with E-state index < -0.39 is 11.6 Å². The van der Waals surface area contributed by atoms with E-state index in [1.54, 1.807) is 6.07 Å². The van der Waals surface area contributed by atoms with Crippen molar-refractivity contribution < 1.29 is 8.78 Å². The molecular formula is C8H7BrF2. The van der Waals surface area contributed by atoms with Gasteiger partial charge in [-0.2, -0.15) is 0 Å². The first-order valence-electron chi connectivity index (χ1n) is 3.20. The van der Waals surface area contributed by atoms with Gasteiger partial charge < -0.3 is 0 Å². The second-order valence-corrected chi connectivity index (χ2v) is 3.66. The van der Waals surface area contributed by atoms with Crippen LogP contribution < -0.4 is 0 Å². The Balaban J connectivity index is 3.05. The predicted molar refractivity (Wildman–Crippen MR) is 43.7 cm³/mol. The van der Waals surface area contributed by atoms with Crippen LogP contribution in [-0.2, 0) is 0 Å². The first kappa shape index (κ1) is 8.65. The fraction of sp³-hybridized carbons (Fsp3) is 0.250. The van der Waals surface area contributed by atoms with Crippen molar-refractivity contribution >= 4 is 15.9 Å². The second kappa shape index (κ2) is 3.30. The summed E-state index contributed by atoms with van der Waals surface area (Å²) in [6.07, 6.45) is 0. The predicted octanol–water partition coefficient (Wildman–Crippen LogP) is 3.42. The van der Waals surface area contributed by atoms with Crippen LogP contribution in [0.5, 0.6) is 0 Å². The lowest BCUT2D eigenvalue weighted by molar-refractivity contribution is 0.507. The van der Waals surface area contributed by atoms with E-state index in [9.17, 15) is 8.78 Å². The van der Waals surface area contributed by atoms with Gasteiger partial charge in [-0.3, -0.25) is 0 Å². The van der Waals surface area contributed by atoms with E-state index >= 15 is 0 Å². The van der Waals surface area contributed by atoms with Crippen LogP contribution in [-0.4, -0.2) is 0 Å². The van der Waals surface area contributed by atoms with Crippen LogP contribution >= 0.6 is 15.9 Å². The van der Waals surface area contributed by atoms with Gasteiger partial charge in [0.2, 0.25) is 0 Å². The molecule has 0 amide bonds. The van der Waals surface area contributed by atoms with Crippen LogP contribution in [0.4, 0.5) is 8.78 Å². The standard InChI is InChI=1S/C8H7BrF2/c1-5(9)6-2-3-7(10)8(11)4-6/h2-5H,1H3. The summed E-state index contributed by atoms with van der Waals surface area (Å²) in [7, 11) is 0. The van der Waals surface area contributed by atoms with E-state index in [1.165, 1.54) is 6.07 Å². The Morgan fingerprint density at radius 3 is 2.36 bits per heavy atom. The maximum atomic E-state index is 12.5. The summed E-state index contributed by atoms with van der Waals surface area (Å²) >= 11 is 3.25. The van der Waals surface area contributed by atoms with Crippen molar-refractivity contribution in [2.24, 2.45) is 0 Å². The lowest BCUT2D eigenvalue weighted by Gasteiger charge is -2.02. The average molecular weight is 221 g/mol. The number of benzene rings is 1. The van der Waals surface area contributed by atoms with Crippen molar-refractivity contribution in [1.82, 2.24) is 0 Å². The number of hydrogen-bond acceptors (Lipinski definition) is 0. The third kappa shape index (κ3) is 1.99. The molecule has 1 rings (SSSR count). The lowest BCUT2D eigenvalue weighted by atomic mass is 10.2. The van der Waals surface area contributed by atoms with Gasteiger partial charge in [0.05, 0.1) is 0 Å². The van der Waals surface area contributed by atoms with Crippen molar-refractivity contribution in [3.8, 4) is 0 Å². The van der Waals surface area contributed by atoms with Gasteiger partial charge in [-0.25, -0.2) is 8.78 Å². The summed E-state index contributed by atoms with van der Waals surface area (Å²) in [5.74, 6) is -1.60. The van der Waals surface area contributed by atoms with E-state index in [-0.39, 0.29) is 4.83 Å². The Morgan fingerprint density at radius 2 is 1.91 bits per heavy atom. The molecule has 0 spiro atoms. The highest BCUT2D eigenvalue weighted by molar-refractivity contribution is 9.09. The van der Waals surface area contributed by atoms with Gasteiger partial charge in [0, 0.05) is 4.83 Å². The van der Waals surface area contributed by atoms with Gasteiger partial charge in [0.15, 0.2) is 11.6 Å². The molecule has 0 fully saturated rings. The van der Waals surface area contributed by atoms with Gasteiger partial charge in [-0.1, -0.05) is 22.0 Å². The lowest BCUT2D eigenvalue weighted by Crippen LogP contribution is -1.88. The third-order valence-corrected chi connectivity index (χ3v) is 1.93. The molecular weight excluding hydrogens is 214 g/mol. The van der Waals surface area contributed by atoms with E-state index in [0.717, 1.165) is 11.6 Å². The molecule has 60 valence electrons. The fourth-order valence-corrected chi connectivity index (χ4v) is 1.04. The zero-order valence-corrected chi connectivity index (χ0v) is 7.53. The van der Waals surface area contributed by atoms with E-state index in [2.05, 4.69) is 15.9 Å². The van der Waals surface area contributed by atoms with E-state index in [0.29, 0.717) is 0 Å². The molecule has 1 aromatic carbocycles. The Morgan fingerprint density at radius 1 is 1.27 bits per heavy atom. The van der Waals surface area contributed by atoms with Gasteiger partial charge in [-0.15, -0.1) is 0 Å². The van der Waals surface area contributed by atoms with E-state index in [1.807, 2.05) is 6.92 Å². The van der Waals surface area contributed by atoms with Crippen molar-refractivity contribution in [2.75, 3.05) is 0 Å². The molecule has 3 heteroatoms. The zero-order chi connectivity index (χ0) is 8.43. The minimum atomic E-state index is -0.804.